The molecule has 1 rings (SSSR count). The molecule has 0 aliphatic carbocycles. The van der Waals surface area contributed by atoms with E-state index in [-0.39, 0.29) is 11.8 Å². The molecule has 1 aromatic heterocycles. The molecule has 0 aliphatic rings. The van der Waals surface area contributed by atoms with Gasteiger partial charge in [-0.3, -0.25) is 9.48 Å². The number of nitrogens with one attached hydrogen (secondary N) is 1. The van der Waals surface area contributed by atoms with Gasteiger partial charge in [0.1, 0.15) is 5.88 Å². The van der Waals surface area contributed by atoms with Gasteiger partial charge in [0.2, 0.25) is 5.91 Å². The van der Waals surface area contributed by atoms with Crippen LogP contribution in [0.3, 0.4) is 0 Å². The third kappa shape index (κ3) is 4.31. The second-order valence-electron chi connectivity index (χ2n) is 3.92. The minimum Gasteiger partial charge on any atom is -0.389 e. The van der Waals surface area contributed by atoms with Crippen molar-refractivity contribution in [1.82, 2.24) is 9.78 Å². The summed E-state index contributed by atoms with van der Waals surface area (Å²) in [4.78, 5) is 10.9. The second kappa shape index (κ2) is 4.63. The highest BCUT2D eigenvalue weighted by molar-refractivity contribution is 6.29. The third-order valence-electron chi connectivity index (χ3n) is 1.59. The Bertz CT molecular complexity index is 343. The molecular formula is C9H14ClN3O2. The first kappa shape index (κ1) is 12.0. The van der Waals surface area contributed by atoms with Crippen LogP contribution in [0.4, 0.5) is 5.69 Å². The lowest BCUT2D eigenvalue weighted by Gasteiger charge is -2.16. The highest BCUT2D eigenvalue weighted by Gasteiger charge is 2.14. The van der Waals surface area contributed by atoms with E-state index in [1.165, 1.54) is 6.20 Å². The fourth-order valence-electron chi connectivity index (χ4n) is 1.11. The van der Waals surface area contributed by atoms with Crippen LogP contribution in [0, 0.1) is 0 Å². The van der Waals surface area contributed by atoms with Gasteiger partial charge in [-0.15, -0.1) is 11.6 Å². The Labute approximate surface area is 93.0 Å². The van der Waals surface area contributed by atoms with Crippen LogP contribution in [0.1, 0.15) is 13.8 Å². The van der Waals surface area contributed by atoms with E-state index in [9.17, 15) is 9.90 Å². The van der Waals surface area contributed by atoms with Gasteiger partial charge in [-0.1, -0.05) is 0 Å². The maximum Gasteiger partial charge on any atom is 0.239 e. The van der Waals surface area contributed by atoms with Crippen molar-refractivity contribution in [2.24, 2.45) is 0 Å². The molecule has 0 saturated carbocycles. The van der Waals surface area contributed by atoms with Gasteiger partial charge in [0, 0.05) is 6.20 Å². The van der Waals surface area contributed by atoms with Crippen LogP contribution >= 0.6 is 11.6 Å². The zero-order valence-electron chi connectivity index (χ0n) is 8.70. The van der Waals surface area contributed by atoms with Crippen LogP contribution in [0.5, 0.6) is 0 Å². The molecule has 2 N–H and O–H groups in total. The summed E-state index contributed by atoms with van der Waals surface area (Å²) in [5.74, 6) is -0.365. The average Bonchev–Trinajstić information content (AvgIpc) is 2.49. The number of aliphatic hydroxyl groups is 1. The van der Waals surface area contributed by atoms with Crippen molar-refractivity contribution in [2.45, 2.75) is 26.0 Å². The number of nitrogens with zero attached hydrogens (tertiary/aromatic N) is 2. The maximum atomic E-state index is 10.9. The van der Waals surface area contributed by atoms with Gasteiger partial charge in [-0.05, 0) is 13.8 Å². The quantitative estimate of drug-likeness (QED) is 0.755. The number of amides is 1. The summed E-state index contributed by atoms with van der Waals surface area (Å²) in [7, 11) is 0. The van der Waals surface area contributed by atoms with Crippen LogP contribution in [-0.2, 0) is 11.3 Å². The summed E-state index contributed by atoms with van der Waals surface area (Å²) in [6.07, 6.45) is 3.15. The molecular weight excluding hydrogens is 218 g/mol. The van der Waals surface area contributed by atoms with Crippen molar-refractivity contribution in [3.05, 3.63) is 12.4 Å². The van der Waals surface area contributed by atoms with Crippen LogP contribution in [0.15, 0.2) is 12.4 Å². The van der Waals surface area contributed by atoms with E-state index in [4.69, 9.17) is 11.6 Å². The molecule has 0 fully saturated rings. The fraction of sp³-hybridized carbons (Fsp3) is 0.556. The monoisotopic (exact) mass is 231 g/mol. The molecule has 0 atom stereocenters. The molecule has 1 amide bonds. The predicted octanol–water partition coefficient (Wildman–Crippen LogP) is 0.831. The summed E-state index contributed by atoms with van der Waals surface area (Å²) >= 11 is 5.34. The Balaban J connectivity index is 2.60. The number of hydrogen-bond acceptors (Lipinski definition) is 3. The van der Waals surface area contributed by atoms with E-state index < -0.39 is 5.60 Å². The Kier molecular flexibility index (Phi) is 3.71. The third-order valence-corrected chi connectivity index (χ3v) is 1.83. The van der Waals surface area contributed by atoms with E-state index in [1.807, 2.05) is 0 Å². The first-order valence-corrected chi connectivity index (χ1v) is 5.05. The van der Waals surface area contributed by atoms with Crippen LogP contribution in [0.2, 0.25) is 0 Å². The number of rotatable bonds is 4. The van der Waals surface area contributed by atoms with Crippen molar-refractivity contribution >= 4 is 23.2 Å². The molecule has 15 heavy (non-hydrogen) atoms. The molecule has 0 unspecified atom stereocenters. The van der Waals surface area contributed by atoms with Gasteiger partial charge in [-0.2, -0.15) is 5.10 Å². The lowest BCUT2D eigenvalue weighted by atomic mass is 10.1. The molecule has 1 heterocycles. The minimum absolute atomic E-state index is 0.0866. The van der Waals surface area contributed by atoms with E-state index in [0.29, 0.717) is 12.2 Å². The molecule has 1 aromatic rings. The number of hydrogen-bond donors (Lipinski definition) is 2. The lowest BCUT2D eigenvalue weighted by Crippen LogP contribution is -2.26. The zero-order chi connectivity index (χ0) is 11.5. The number of aromatic nitrogens is 2. The number of carbonyl (C=O) groups excluding carboxylic acids is 1. The first-order valence-electron chi connectivity index (χ1n) is 4.51. The van der Waals surface area contributed by atoms with Gasteiger partial charge in [-0.25, -0.2) is 0 Å². The molecule has 0 radical (unpaired) electrons. The number of alkyl halides is 1. The summed E-state index contributed by atoms with van der Waals surface area (Å²) in [6.45, 7) is 3.74. The largest absolute Gasteiger partial charge is 0.389 e. The molecule has 5 nitrogen and oxygen atoms in total. The van der Waals surface area contributed by atoms with Crippen molar-refractivity contribution in [1.29, 1.82) is 0 Å². The number of halogens is 1. The normalized spacial score (nSPS) is 11.5. The summed E-state index contributed by atoms with van der Waals surface area (Å²) in [6, 6.07) is 0. The van der Waals surface area contributed by atoms with Gasteiger partial charge in [0.05, 0.1) is 24.0 Å². The van der Waals surface area contributed by atoms with E-state index in [0.717, 1.165) is 0 Å². The van der Waals surface area contributed by atoms with Crippen LogP contribution < -0.4 is 5.32 Å². The highest BCUT2D eigenvalue weighted by Crippen LogP contribution is 2.09. The van der Waals surface area contributed by atoms with E-state index in [1.54, 1.807) is 24.7 Å². The Morgan fingerprint density at radius 1 is 1.73 bits per heavy atom. The minimum atomic E-state index is -0.834. The van der Waals surface area contributed by atoms with E-state index in [2.05, 4.69) is 10.4 Å². The topological polar surface area (TPSA) is 67.2 Å². The zero-order valence-corrected chi connectivity index (χ0v) is 9.45. The molecule has 0 aromatic carbocycles. The maximum absolute atomic E-state index is 10.9. The first-order chi connectivity index (χ1) is 6.90. The SMILES string of the molecule is CC(C)(O)Cn1cc(NC(=O)CCl)cn1. The van der Waals surface area contributed by atoms with Crippen LogP contribution in [-0.4, -0.2) is 32.3 Å². The summed E-state index contributed by atoms with van der Waals surface area (Å²) < 4.78 is 1.56. The standard InChI is InChI=1S/C9H14ClN3O2/c1-9(2,15)6-13-5-7(4-11-13)12-8(14)3-10/h4-5,15H,3,6H2,1-2H3,(H,12,14). The average molecular weight is 232 g/mol. The highest BCUT2D eigenvalue weighted by atomic mass is 35.5. The van der Waals surface area contributed by atoms with Crippen molar-refractivity contribution in [3.63, 3.8) is 0 Å². The van der Waals surface area contributed by atoms with Crippen molar-refractivity contribution in [2.75, 3.05) is 11.2 Å². The summed E-state index contributed by atoms with van der Waals surface area (Å²) in [5.41, 5.74) is -0.260. The fourth-order valence-corrected chi connectivity index (χ4v) is 1.17. The van der Waals surface area contributed by atoms with Gasteiger partial charge in [0.25, 0.3) is 0 Å². The molecule has 6 heteroatoms. The van der Waals surface area contributed by atoms with E-state index >= 15 is 0 Å². The van der Waals surface area contributed by atoms with Gasteiger partial charge < -0.3 is 10.4 Å². The van der Waals surface area contributed by atoms with Crippen LogP contribution in [0.25, 0.3) is 0 Å². The molecule has 0 aliphatic heterocycles. The number of carbonyl (C=O) groups is 1. The molecule has 0 bridgehead atoms. The summed E-state index contributed by atoms with van der Waals surface area (Å²) in [5, 5.41) is 16.1. The Morgan fingerprint density at radius 3 is 2.93 bits per heavy atom. The lowest BCUT2D eigenvalue weighted by molar-refractivity contribution is -0.113. The Morgan fingerprint density at radius 2 is 2.40 bits per heavy atom. The molecule has 84 valence electrons. The smallest absolute Gasteiger partial charge is 0.239 e. The van der Waals surface area contributed by atoms with Crippen molar-refractivity contribution < 1.29 is 9.90 Å². The second-order valence-corrected chi connectivity index (χ2v) is 4.19. The molecule has 0 spiro atoms. The van der Waals surface area contributed by atoms with Gasteiger partial charge >= 0.3 is 0 Å². The Hall–Kier alpha value is -1.07. The van der Waals surface area contributed by atoms with Gasteiger partial charge in [0.15, 0.2) is 0 Å². The number of anilines is 1. The predicted molar refractivity (Wildman–Crippen MR) is 57.9 cm³/mol. The van der Waals surface area contributed by atoms with Crippen molar-refractivity contribution in [3.8, 4) is 0 Å². The molecule has 0 saturated heterocycles.